The third kappa shape index (κ3) is 2.92. The molecule has 0 saturated carbocycles. The summed E-state index contributed by atoms with van der Waals surface area (Å²) in [6.45, 7) is 0.998. The first-order valence-corrected chi connectivity index (χ1v) is 8.70. The van der Waals surface area contributed by atoms with Crippen molar-refractivity contribution in [2.24, 2.45) is 0 Å². The summed E-state index contributed by atoms with van der Waals surface area (Å²) in [6.07, 6.45) is 0. The SMILES string of the molecule is C[I-]CNCc1ccc2ccccc2c1. The monoisotopic (exact) mass is 312 g/mol. The molecule has 80 valence electrons. The minimum atomic E-state index is 0.363. The van der Waals surface area contributed by atoms with E-state index in [0.717, 1.165) is 6.54 Å². The minimum absolute atomic E-state index is 0.363. The number of hydrogen-bond donors (Lipinski definition) is 1. The molecule has 0 spiro atoms. The molecular weight excluding hydrogens is 297 g/mol. The van der Waals surface area contributed by atoms with Crippen molar-refractivity contribution in [1.29, 1.82) is 0 Å². The molecule has 1 nitrogen and oxygen atoms in total. The van der Waals surface area contributed by atoms with Gasteiger partial charge in [0.2, 0.25) is 0 Å². The third-order valence-corrected chi connectivity index (χ3v) is 3.67. The first-order chi connectivity index (χ1) is 7.40. The van der Waals surface area contributed by atoms with Gasteiger partial charge in [0.1, 0.15) is 0 Å². The number of alkyl halides is 2. The molecule has 0 aliphatic carbocycles. The van der Waals surface area contributed by atoms with Crippen LogP contribution >= 0.6 is 0 Å². The maximum atomic E-state index is 3.46. The number of nitrogens with one attached hydrogen (secondary N) is 1. The Morgan fingerprint density at radius 1 is 1.07 bits per heavy atom. The second-order valence-electron chi connectivity index (χ2n) is 3.51. The average molecular weight is 312 g/mol. The summed E-state index contributed by atoms with van der Waals surface area (Å²) < 4.78 is 1.20. The van der Waals surface area contributed by atoms with Gasteiger partial charge in [-0.05, 0) is 0 Å². The molecule has 0 unspecified atom stereocenters. The van der Waals surface area contributed by atoms with E-state index >= 15 is 0 Å². The fourth-order valence-corrected chi connectivity index (χ4v) is 2.44. The Morgan fingerprint density at radius 3 is 2.67 bits per heavy atom. The Morgan fingerprint density at radius 2 is 1.87 bits per heavy atom. The molecule has 2 rings (SSSR count). The van der Waals surface area contributed by atoms with Crippen LogP contribution in [0.15, 0.2) is 42.5 Å². The zero-order valence-corrected chi connectivity index (χ0v) is 11.0. The van der Waals surface area contributed by atoms with Gasteiger partial charge < -0.3 is 0 Å². The van der Waals surface area contributed by atoms with Crippen LogP contribution in [0.3, 0.4) is 0 Å². The fraction of sp³-hybridized carbons (Fsp3) is 0.231. The molecule has 1 N–H and O–H groups in total. The molecule has 0 radical (unpaired) electrons. The van der Waals surface area contributed by atoms with E-state index in [4.69, 9.17) is 0 Å². The quantitative estimate of drug-likeness (QED) is 0.351. The summed E-state index contributed by atoms with van der Waals surface area (Å²) >= 11 is 0.363. The Balaban J connectivity index is 2.16. The molecule has 0 bridgehead atoms. The fourth-order valence-electron chi connectivity index (χ4n) is 1.63. The summed E-state index contributed by atoms with van der Waals surface area (Å²) in [5.74, 6) is 0. The Bertz CT molecular complexity index is 439. The molecule has 0 heterocycles. The standard InChI is InChI=1S/C13H15IN/c1-14-10-15-9-11-6-7-12-4-2-3-5-13(12)8-11/h2-8,15H,9-10H2,1H3/q-1. The summed E-state index contributed by atoms with van der Waals surface area (Å²) in [7, 11) is 0. The predicted molar refractivity (Wildman–Crippen MR) is 61.6 cm³/mol. The van der Waals surface area contributed by atoms with Crippen molar-refractivity contribution in [2.75, 3.05) is 9.48 Å². The third-order valence-electron chi connectivity index (χ3n) is 2.37. The number of halogens is 1. The van der Waals surface area contributed by atoms with Crippen LogP contribution in [-0.4, -0.2) is 9.48 Å². The van der Waals surface area contributed by atoms with E-state index in [1.165, 1.54) is 20.9 Å². The molecule has 15 heavy (non-hydrogen) atoms. The van der Waals surface area contributed by atoms with Gasteiger partial charge in [0.25, 0.3) is 0 Å². The number of fused-ring (bicyclic) bond motifs is 1. The normalized spacial score (nSPS) is 11.0. The van der Waals surface area contributed by atoms with E-state index in [1.807, 2.05) is 0 Å². The molecule has 0 aliphatic rings. The van der Waals surface area contributed by atoms with Gasteiger partial charge in [-0.1, -0.05) is 0 Å². The number of hydrogen-bond acceptors (Lipinski definition) is 1. The first-order valence-electron chi connectivity index (χ1n) is 5.02. The van der Waals surface area contributed by atoms with Crippen molar-refractivity contribution in [1.82, 2.24) is 5.32 Å². The molecule has 2 aromatic rings. The maximum absolute atomic E-state index is 3.46. The van der Waals surface area contributed by atoms with Gasteiger partial charge in [-0.15, -0.1) is 0 Å². The van der Waals surface area contributed by atoms with Crippen LogP contribution in [-0.2, 0) is 6.54 Å². The molecule has 0 aromatic heterocycles. The van der Waals surface area contributed by atoms with E-state index in [9.17, 15) is 0 Å². The summed E-state index contributed by atoms with van der Waals surface area (Å²) in [6, 6.07) is 15.2. The summed E-state index contributed by atoms with van der Waals surface area (Å²) in [5, 5.41) is 6.12. The Labute approximate surface area is 101 Å². The van der Waals surface area contributed by atoms with Crippen LogP contribution in [0, 0.1) is 0 Å². The predicted octanol–water partition coefficient (Wildman–Crippen LogP) is -0.394. The molecule has 2 aromatic carbocycles. The Kier molecular flexibility index (Phi) is 3.97. The molecule has 0 saturated heterocycles. The molecule has 0 aliphatic heterocycles. The van der Waals surface area contributed by atoms with Gasteiger partial charge in [0, 0.05) is 0 Å². The summed E-state index contributed by atoms with van der Waals surface area (Å²) in [5.41, 5.74) is 1.38. The molecule has 0 amide bonds. The first kappa shape index (κ1) is 10.9. The van der Waals surface area contributed by atoms with Crippen molar-refractivity contribution in [3.05, 3.63) is 48.0 Å². The molecule has 0 fully saturated rings. The van der Waals surface area contributed by atoms with E-state index in [2.05, 4.69) is 52.7 Å². The Hall–Kier alpha value is -0.610. The average Bonchev–Trinajstić information content (AvgIpc) is 2.29. The van der Waals surface area contributed by atoms with Crippen LogP contribution in [0.1, 0.15) is 5.56 Å². The van der Waals surface area contributed by atoms with E-state index < -0.39 is 0 Å². The van der Waals surface area contributed by atoms with E-state index in [1.54, 1.807) is 0 Å². The molecule has 0 atom stereocenters. The van der Waals surface area contributed by atoms with Gasteiger partial charge in [-0.25, -0.2) is 0 Å². The van der Waals surface area contributed by atoms with Crippen LogP contribution < -0.4 is 26.5 Å². The molecule has 2 heteroatoms. The zero-order valence-electron chi connectivity index (χ0n) is 8.83. The second kappa shape index (κ2) is 5.47. The van der Waals surface area contributed by atoms with Gasteiger partial charge >= 0.3 is 101 Å². The van der Waals surface area contributed by atoms with Crippen molar-refractivity contribution >= 4 is 10.8 Å². The van der Waals surface area contributed by atoms with Crippen LogP contribution in [0.2, 0.25) is 0 Å². The second-order valence-corrected chi connectivity index (χ2v) is 5.80. The van der Waals surface area contributed by atoms with Gasteiger partial charge in [-0.2, -0.15) is 0 Å². The van der Waals surface area contributed by atoms with Crippen molar-refractivity contribution < 1.29 is 21.2 Å². The van der Waals surface area contributed by atoms with Gasteiger partial charge in [0.05, 0.1) is 0 Å². The number of rotatable bonds is 4. The van der Waals surface area contributed by atoms with Crippen molar-refractivity contribution in [3.63, 3.8) is 0 Å². The van der Waals surface area contributed by atoms with Crippen molar-refractivity contribution in [3.8, 4) is 0 Å². The van der Waals surface area contributed by atoms with Gasteiger partial charge in [-0.3, -0.25) is 0 Å². The van der Waals surface area contributed by atoms with Crippen LogP contribution in [0.5, 0.6) is 0 Å². The molecular formula is C13H15IN-. The van der Waals surface area contributed by atoms with E-state index in [-0.39, 0.29) is 0 Å². The van der Waals surface area contributed by atoms with Crippen LogP contribution in [0.4, 0.5) is 0 Å². The zero-order chi connectivity index (χ0) is 10.5. The van der Waals surface area contributed by atoms with Crippen molar-refractivity contribution in [2.45, 2.75) is 6.54 Å². The number of benzene rings is 2. The van der Waals surface area contributed by atoms with Crippen LogP contribution in [0.25, 0.3) is 10.8 Å². The topological polar surface area (TPSA) is 12.0 Å². The van der Waals surface area contributed by atoms with E-state index in [0.29, 0.717) is 21.2 Å². The summed E-state index contributed by atoms with van der Waals surface area (Å²) in [4.78, 5) is 2.30. The van der Waals surface area contributed by atoms with Gasteiger partial charge in [0.15, 0.2) is 0 Å².